The van der Waals surface area contributed by atoms with Crippen LogP contribution in [-0.2, 0) is 11.8 Å². The summed E-state index contributed by atoms with van der Waals surface area (Å²) in [6.07, 6.45) is 8.93. The summed E-state index contributed by atoms with van der Waals surface area (Å²) in [7, 11) is 3.67. The molecule has 3 atom stereocenters. The highest BCUT2D eigenvalue weighted by molar-refractivity contribution is 5.89. The van der Waals surface area contributed by atoms with Gasteiger partial charge in [-0.1, -0.05) is 37.3 Å². The maximum Gasteiger partial charge on any atom is 0.319 e. The first kappa shape index (κ1) is 20.9. The van der Waals surface area contributed by atoms with E-state index in [0.29, 0.717) is 6.42 Å². The second-order valence-corrected chi connectivity index (χ2v) is 8.14. The molecule has 1 aliphatic carbocycles. The number of aromatic nitrogens is 3. The minimum absolute atomic E-state index is 0.0750. The number of fused-ring (bicyclic) bond motifs is 1. The molecule has 3 aromatic rings. The number of benzene rings is 1. The van der Waals surface area contributed by atoms with Crippen LogP contribution in [0, 0.1) is 12.8 Å². The van der Waals surface area contributed by atoms with Crippen LogP contribution >= 0.6 is 0 Å². The van der Waals surface area contributed by atoms with E-state index in [-0.39, 0.29) is 24.1 Å². The highest BCUT2D eigenvalue weighted by atomic mass is 16.5. The van der Waals surface area contributed by atoms with Gasteiger partial charge in [-0.3, -0.25) is 0 Å². The summed E-state index contributed by atoms with van der Waals surface area (Å²) in [5, 5.41) is 6.03. The predicted octanol–water partition coefficient (Wildman–Crippen LogP) is 4.61. The average Bonchev–Trinajstić information content (AvgIpc) is 3.30. The molecular formula is C24H29N5O2. The molecule has 1 aromatic carbocycles. The van der Waals surface area contributed by atoms with Crippen LogP contribution in [0.3, 0.4) is 0 Å². The van der Waals surface area contributed by atoms with Crippen molar-refractivity contribution in [2.75, 3.05) is 12.4 Å². The van der Waals surface area contributed by atoms with Gasteiger partial charge in [-0.05, 0) is 37.1 Å². The number of hydrogen-bond donors (Lipinski definition) is 3. The number of imidazole rings is 1. The summed E-state index contributed by atoms with van der Waals surface area (Å²) >= 11 is 0. The van der Waals surface area contributed by atoms with Gasteiger partial charge in [0.25, 0.3) is 0 Å². The zero-order valence-electron chi connectivity index (χ0n) is 18.3. The Morgan fingerprint density at radius 2 is 2.16 bits per heavy atom. The molecule has 2 heterocycles. The van der Waals surface area contributed by atoms with Gasteiger partial charge >= 0.3 is 6.03 Å². The quantitative estimate of drug-likeness (QED) is 0.545. The molecule has 3 unspecified atom stereocenters. The molecule has 0 saturated heterocycles. The van der Waals surface area contributed by atoms with Crippen molar-refractivity contribution < 1.29 is 9.53 Å². The number of aryl methyl sites for hydroxylation is 2. The van der Waals surface area contributed by atoms with Crippen LogP contribution in [0.2, 0.25) is 0 Å². The van der Waals surface area contributed by atoms with Crippen molar-refractivity contribution in [2.24, 2.45) is 13.0 Å². The molecule has 1 aliphatic rings. The lowest BCUT2D eigenvalue weighted by Gasteiger charge is -2.24. The van der Waals surface area contributed by atoms with Gasteiger partial charge in [-0.25, -0.2) is 9.78 Å². The number of nitrogens with one attached hydrogen (secondary N) is 3. The summed E-state index contributed by atoms with van der Waals surface area (Å²) in [4.78, 5) is 20.9. The van der Waals surface area contributed by atoms with E-state index in [0.717, 1.165) is 33.8 Å². The number of allylic oxidation sites excluding steroid dienone is 1. The Labute approximate surface area is 182 Å². The number of amides is 2. The molecule has 0 saturated carbocycles. The van der Waals surface area contributed by atoms with Gasteiger partial charge in [-0.2, -0.15) is 0 Å². The number of anilines is 1. The fraction of sp³-hybridized carbons (Fsp3) is 0.333. The van der Waals surface area contributed by atoms with Crippen LogP contribution in [0.4, 0.5) is 10.5 Å². The number of carbonyl (C=O) groups is 1. The zero-order chi connectivity index (χ0) is 22.0. The Kier molecular flexibility index (Phi) is 5.95. The summed E-state index contributed by atoms with van der Waals surface area (Å²) < 4.78 is 7.46. The molecule has 7 nitrogen and oxygen atoms in total. The van der Waals surface area contributed by atoms with Crippen molar-refractivity contribution in [3.8, 4) is 0 Å². The molecule has 3 N–H and O–H groups in total. The lowest BCUT2D eigenvalue weighted by molar-refractivity contribution is 0.111. The van der Waals surface area contributed by atoms with Crippen molar-refractivity contribution in [3.05, 3.63) is 71.8 Å². The Morgan fingerprint density at radius 3 is 2.84 bits per heavy atom. The monoisotopic (exact) mass is 419 g/mol. The van der Waals surface area contributed by atoms with Gasteiger partial charge in [0.05, 0.1) is 28.9 Å². The fourth-order valence-corrected chi connectivity index (χ4v) is 3.97. The van der Waals surface area contributed by atoms with E-state index in [9.17, 15) is 4.79 Å². The van der Waals surface area contributed by atoms with Gasteiger partial charge in [0.1, 0.15) is 5.82 Å². The Morgan fingerprint density at radius 1 is 1.35 bits per heavy atom. The number of ether oxygens (including phenoxy) is 1. The van der Waals surface area contributed by atoms with Crippen LogP contribution in [0.5, 0.6) is 0 Å². The van der Waals surface area contributed by atoms with Crippen LogP contribution in [0.15, 0.2) is 60.3 Å². The van der Waals surface area contributed by atoms with Crippen LogP contribution in [-0.4, -0.2) is 33.8 Å². The van der Waals surface area contributed by atoms with E-state index >= 15 is 0 Å². The third kappa shape index (κ3) is 4.72. The van der Waals surface area contributed by atoms with E-state index < -0.39 is 0 Å². The molecule has 2 amide bonds. The second kappa shape index (κ2) is 8.81. The Hall–Kier alpha value is -3.32. The summed E-state index contributed by atoms with van der Waals surface area (Å²) in [5.74, 6) is 0.999. The molecular weight excluding hydrogens is 390 g/mol. The van der Waals surface area contributed by atoms with E-state index in [1.165, 1.54) is 0 Å². The van der Waals surface area contributed by atoms with E-state index in [1.54, 1.807) is 7.11 Å². The largest absolute Gasteiger partial charge is 0.377 e. The number of H-pyrrole nitrogens is 1. The lowest BCUT2D eigenvalue weighted by Crippen LogP contribution is -2.33. The predicted molar refractivity (Wildman–Crippen MR) is 123 cm³/mol. The highest BCUT2D eigenvalue weighted by Gasteiger charge is 2.23. The van der Waals surface area contributed by atoms with Gasteiger partial charge in [0.15, 0.2) is 0 Å². The Balaban J connectivity index is 1.56. The molecule has 0 spiro atoms. The maximum absolute atomic E-state index is 12.8. The van der Waals surface area contributed by atoms with E-state index in [1.807, 2.05) is 55.1 Å². The molecule has 7 heteroatoms. The molecule has 2 aromatic heterocycles. The summed E-state index contributed by atoms with van der Waals surface area (Å²) in [6, 6.07) is 9.24. The van der Waals surface area contributed by atoms with Crippen molar-refractivity contribution in [1.29, 1.82) is 0 Å². The number of para-hydroxylation sites is 2. The number of carbonyl (C=O) groups excluding carboxylic acids is 1. The maximum atomic E-state index is 12.8. The molecule has 31 heavy (non-hydrogen) atoms. The van der Waals surface area contributed by atoms with E-state index in [2.05, 4.69) is 40.8 Å². The second-order valence-electron chi connectivity index (χ2n) is 8.14. The number of rotatable bonds is 6. The van der Waals surface area contributed by atoms with Gasteiger partial charge in [-0.15, -0.1) is 0 Å². The minimum atomic E-state index is -0.306. The third-order valence-electron chi connectivity index (χ3n) is 5.76. The first-order chi connectivity index (χ1) is 14.9. The van der Waals surface area contributed by atoms with E-state index in [4.69, 9.17) is 9.72 Å². The smallest absolute Gasteiger partial charge is 0.319 e. The van der Waals surface area contributed by atoms with Crippen LogP contribution in [0.25, 0.3) is 11.0 Å². The molecule has 0 radical (unpaired) electrons. The third-order valence-corrected chi connectivity index (χ3v) is 5.76. The summed E-state index contributed by atoms with van der Waals surface area (Å²) in [5.41, 5.74) is 4.80. The van der Waals surface area contributed by atoms with Gasteiger partial charge in [0.2, 0.25) is 0 Å². The van der Waals surface area contributed by atoms with Crippen LogP contribution in [0.1, 0.15) is 30.9 Å². The molecule has 0 aliphatic heterocycles. The Bertz CT molecular complexity index is 1090. The lowest BCUT2D eigenvalue weighted by atomic mass is 9.91. The number of methoxy groups -OCH3 is 1. The highest BCUT2D eigenvalue weighted by Crippen LogP contribution is 2.27. The molecule has 0 fully saturated rings. The van der Waals surface area contributed by atoms with Crippen molar-refractivity contribution in [3.63, 3.8) is 0 Å². The van der Waals surface area contributed by atoms with Crippen molar-refractivity contribution in [2.45, 2.75) is 32.4 Å². The molecule has 4 rings (SSSR count). The number of aromatic amines is 1. The zero-order valence-corrected chi connectivity index (χ0v) is 18.3. The molecule has 0 bridgehead atoms. The standard InChI is InChI=1S/C24H29N5O2/c1-15-11-17(9-10-22(15)31-4)13-21(23-26-19-7-5-6-8-20(19)27-23)28-24(30)25-18-12-16(2)29(3)14-18/h5-12,14-15,21-22H,13H2,1-4H3,(H,26,27)(H2,25,28,30). The summed E-state index contributed by atoms with van der Waals surface area (Å²) in [6.45, 7) is 4.13. The van der Waals surface area contributed by atoms with Crippen molar-refractivity contribution in [1.82, 2.24) is 19.9 Å². The van der Waals surface area contributed by atoms with Gasteiger partial charge < -0.3 is 24.9 Å². The number of nitrogens with zero attached hydrogens (tertiary/aromatic N) is 2. The average molecular weight is 420 g/mol. The SMILES string of the molecule is COC1C=CC(CC(NC(=O)Nc2cc(C)n(C)c2)c2nc3ccccc3[nH]2)=CC1C. The number of urea groups is 1. The van der Waals surface area contributed by atoms with Crippen molar-refractivity contribution >= 4 is 22.8 Å². The fourth-order valence-electron chi connectivity index (χ4n) is 3.97. The minimum Gasteiger partial charge on any atom is -0.377 e. The first-order valence-corrected chi connectivity index (χ1v) is 10.5. The first-order valence-electron chi connectivity index (χ1n) is 10.5. The van der Waals surface area contributed by atoms with Gasteiger partial charge in [0, 0.05) is 32.0 Å². The molecule has 162 valence electrons. The normalized spacial score (nSPS) is 19.3. The topological polar surface area (TPSA) is 84.0 Å². The number of hydrogen-bond acceptors (Lipinski definition) is 3. The van der Waals surface area contributed by atoms with Crippen LogP contribution < -0.4 is 10.6 Å².